The third-order valence-electron chi connectivity index (χ3n) is 4.82. The topological polar surface area (TPSA) is 71.5 Å². The molecule has 1 aliphatic rings. The molecule has 1 saturated heterocycles. The molecule has 146 valence electrons. The van der Waals surface area contributed by atoms with E-state index in [0.29, 0.717) is 30.8 Å². The number of hydrogen-bond donors (Lipinski definition) is 1. The number of nitrogens with zero attached hydrogens (tertiary/aromatic N) is 2. The molecule has 0 atom stereocenters. The van der Waals surface area contributed by atoms with E-state index < -0.39 is 15.8 Å². The predicted molar refractivity (Wildman–Crippen MR) is 108 cm³/mol. The van der Waals surface area contributed by atoms with Crippen LogP contribution in [0, 0.1) is 5.82 Å². The fourth-order valence-corrected chi connectivity index (χ4v) is 5.01. The number of sulfonamides is 1. The SMILES string of the molecule is COc1cccc2c(NCc3ccc(N4CCCS4(=O)=O)c(F)c3)ccnc12. The highest BCUT2D eigenvalue weighted by atomic mass is 32.2. The second kappa shape index (κ2) is 7.27. The van der Waals surface area contributed by atoms with Gasteiger partial charge in [0.15, 0.2) is 0 Å². The zero-order chi connectivity index (χ0) is 19.7. The molecule has 28 heavy (non-hydrogen) atoms. The summed E-state index contributed by atoms with van der Waals surface area (Å²) in [6.07, 6.45) is 2.21. The standard InChI is InChI=1S/C20H20FN3O3S/c1-27-19-5-2-4-15-17(8-9-22-20(15)19)23-13-14-6-7-18(16(21)12-14)24-10-3-11-28(24,25)26/h2,4-9,12H,3,10-11,13H2,1H3,(H,22,23). The van der Waals surface area contributed by atoms with Crippen molar-refractivity contribution in [2.24, 2.45) is 0 Å². The quantitative estimate of drug-likeness (QED) is 0.708. The molecule has 1 aromatic heterocycles. The molecular weight excluding hydrogens is 381 g/mol. The van der Waals surface area contributed by atoms with Crippen molar-refractivity contribution in [1.82, 2.24) is 4.98 Å². The van der Waals surface area contributed by atoms with Gasteiger partial charge in [0.25, 0.3) is 0 Å². The summed E-state index contributed by atoms with van der Waals surface area (Å²) in [5.74, 6) is 0.211. The van der Waals surface area contributed by atoms with Crippen molar-refractivity contribution >= 4 is 32.3 Å². The molecule has 6 nitrogen and oxygen atoms in total. The molecule has 0 bridgehead atoms. The fraction of sp³-hybridized carbons (Fsp3) is 0.250. The molecule has 0 aliphatic carbocycles. The van der Waals surface area contributed by atoms with Gasteiger partial charge in [-0.1, -0.05) is 18.2 Å². The Kier molecular flexibility index (Phi) is 4.80. The maximum Gasteiger partial charge on any atom is 0.235 e. The number of pyridine rings is 1. The van der Waals surface area contributed by atoms with Gasteiger partial charge in [-0.3, -0.25) is 9.29 Å². The minimum absolute atomic E-state index is 0.0638. The van der Waals surface area contributed by atoms with Crippen LogP contribution in [0.5, 0.6) is 5.75 Å². The van der Waals surface area contributed by atoms with Crippen LogP contribution in [0.2, 0.25) is 0 Å². The number of methoxy groups -OCH3 is 1. The Balaban J connectivity index is 1.56. The number of hydrogen-bond acceptors (Lipinski definition) is 5. The number of aromatic nitrogens is 1. The van der Waals surface area contributed by atoms with Crippen LogP contribution < -0.4 is 14.4 Å². The summed E-state index contributed by atoms with van der Waals surface area (Å²) in [7, 11) is -1.80. The highest BCUT2D eigenvalue weighted by Gasteiger charge is 2.30. The molecular formula is C20H20FN3O3S. The van der Waals surface area contributed by atoms with E-state index in [4.69, 9.17) is 4.74 Å². The first-order chi connectivity index (χ1) is 13.5. The first-order valence-electron chi connectivity index (χ1n) is 8.94. The zero-order valence-corrected chi connectivity index (χ0v) is 16.2. The highest BCUT2D eigenvalue weighted by molar-refractivity contribution is 7.93. The van der Waals surface area contributed by atoms with Crippen LogP contribution >= 0.6 is 0 Å². The number of fused-ring (bicyclic) bond motifs is 1. The summed E-state index contributed by atoms with van der Waals surface area (Å²) in [4.78, 5) is 4.36. The molecule has 0 unspecified atom stereocenters. The molecule has 0 radical (unpaired) electrons. The van der Waals surface area contributed by atoms with Crippen LogP contribution in [0.15, 0.2) is 48.7 Å². The Morgan fingerprint density at radius 3 is 2.82 bits per heavy atom. The van der Waals surface area contributed by atoms with E-state index in [1.54, 1.807) is 19.4 Å². The Bertz CT molecular complexity index is 1130. The van der Waals surface area contributed by atoms with Crippen molar-refractivity contribution in [3.63, 3.8) is 0 Å². The molecule has 0 spiro atoms. The number of anilines is 2. The number of ether oxygens (including phenoxy) is 1. The number of rotatable bonds is 5. The second-order valence-electron chi connectivity index (χ2n) is 6.60. The lowest BCUT2D eigenvalue weighted by Crippen LogP contribution is -2.26. The Morgan fingerprint density at radius 2 is 2.11 bits per heavy atom. The van der Waals surface area contributed by atoms with Gasteiger partial charge in [0.1, 0.15) is 17.1 Å². The lowest BCUT2D eigenvalue weighted by molar-refractivity contribution is 0.419. The van der Waals surface area contributed by atoms with Crippen LogP contribution in [0.25, 0.3) is 10.9 Å². The van der Waals surface area contributed by atoms with Gasteiger partial charge in [0, 0.05) is 30.4 Å². The van der Waals surface area contributed by atoms with Crippen molar-refractivity contribution < 1.29 is 17.5 Å². The van der Waals surface area contributed by atoms with Crippen LogP contribution in [0.3, 0.4) is 0 Å². The van der Waals surface area contributed by atoms with Crippen molar-refractivity contribution in [3.8, 4) is 5.75 Å². The largest absolute Gasteiger partial charge is 0.494 e. The van der Waals surface area contributed by atoms with Gasteiger partial charge < -0.3 is 10.1 Å². The van der Waals surface area contributed by atoms with Crippen molar-refractivity contribution in [2.45, 2.75) is 13.0 Å². The molecule has 0 saturated carbocycles. The molecule has 0 amide bonds. The van der Waals surface area contributed by atoms with Gasteiger partial charge in [0.05, 0.1) is 18.6 Å². The molecule has 3 aromatic rings. The number of benzene rings is 2. The fourth-order valence-electron chi connectivity index (χ4n) is 3.44. The average molecular weight is 401 g/mol. The summed E-state index contributed by atoms with van der Waals surface area (Å²) < 4.78 is 45.1. The lowest BCUT2D eigenvalue weighted by Gasteiger charge is -2.18. The van der Waals surface area contributed by atoms with Crippen LogP contribution in [0.1, 0.15) is 12.0 Å². The Hall–Kier alpha value is -2.87. The van der Waals surface area contributed by atoms with E-state index in [1.165, 1.54) is 12.1 Å². The first-order valence-corrected chi connectivity index (χ1v) is 10.5. The average Bonchev–Trinajstić information content (AvgIpc) is 3.04. The summed E-state index contributed by atoms with van der Waals surface area (Å²) in [6, 6.07) is 12.2. The number of nitrogens with one attached hydrogen (secondary N) is 1. The summed E-state index contributed by atoms with van der Waals surface area (Å²) in [6.45, 7) is 0.710. The number of para-hydroxylation sites is 1. The minimum atomic E-state index is -3.40. The van der Waals surface area contributed by atoms with Crippen LogP contribution in [-0.4, -0.2) is 32.8 Å². The Morgan fingerprint density at radius 1 is 1.25 bits per heavy atom. The summed E-state index contributed by atoms with van der Waals surface area (Å²) in [5, 5.41) is 4.20. The van der Waals surface area contributed by atoms with E-state index in [1.807, 2.05) is 24.3 Å². The van der Waals surface area contributed by atoms with E-state index in [2.05, 4.69) is 10.3 Å². The predicted octanol–water partition coefficient (Wildman–Crippen LogP) is 3.53. The lowest BCUT2D eigenvalue weighted by atomic mass is 10.1. The van der Waals surface area contributed by atoms with E-state index in [9.17, 15) is 12.8 Å². The van der Waals surface area contributed by atoms with E-state index in [0.717, 1.165) is 20.9 Å². The van der Waals surface area contributed by atoms with Crippen molar-refractivity contribution in [1.29, 1.82) is 0 Å². The van der Waals surface area contributed by atoms with E-state index >= 15 is 0 Å². The van der Waals surface area contributed by atoms with Gasteiger partial charge in [0.2, 0.25) is 10.0 Å². The van der Waals surface area contributed by atoms with Gasteiger partial charge in [-0.15, -0.1) is 0 Å². The van der Waals surface area contributed by atoms with Gasteiger partial charge >= 0.3 is 0 Å². The monoisotopic (exact) mass is 401 g/mol. The minimum Gasteiger partial charge on any atom is -0.494 e. The third kappa shape index (κ3) is 3.35. The normalized spacial score (nSPS) is 15.7. The highest BCUT2D eigenvalue weighted by Crippen LogP contribution is 2.30. The number of halogens is 1. The smallest absolute Gasteiger partial charge is 0.235 e. The maximum absolute atomic E-state index is 14.6. The molecule has 1 N–H and O–H groups in total. The van der Waals surface area contributed by atoms with Crippen molar-refractivity contribution in [2.75, 3.05) is 29.0 Å². The summed E-state index contributed by atoms with van der Waals surface area (Å²) in [5.41, 5.74) is 2.43. The molecule has 4 rings (SSSR count). The van der Waals surface area contributed by atoms with Crippen molar-refractivity contribution in [3.05, 3.63) is 60.0 Å². The summed E-state index contributed by atoms with van der Waals surface area (Å²) >= 11 is 0. The zero-order valence-electron chi connectivity index (χ0n) is 15.4. The Labute approximate surface area is 163 Å². The van der Waals surface area contributed by atoms with Gasteiger partial charge in [-0.25, -0.2) is 12.8 Å². The van der Waals surface area contributed by atoms with Crippen LogP contribution in [0.4, 0.5) is 15.8 Å². The molecule has 1 aliphatic heterocycles. The first kappa shape index (κ1) is 18.5. The third-order valence-corrected chi connectivity index (χ3v) is 6.67. The second-order valence-corrected chi connectivity index (χ2v) is 8.61. The molecule has 8 heteroatoms. The van der Waals surface area contributed by atoms with Gasteiger partial charge in [-0.05, 0) is 36.2 Å². The maximum atomic E-state index is 14.6. The molecule has 1 fully saturated rings. The molecule has 2 heterocycles. The van der Waals surface area contributed by atoms with Crippen LogP contribution in [-0.2, 0) is 16.6 Å². The molecule has 2 aromatic carbocycles. The van der Waals surface area contributed by atoms with E-state index in [-0.39, 0.29) is 11.4 Å². The van der Waals surface area contributed by atoms with Gasteiger partial charge in [-0.2, -0.15) is 0 Å².